The number of benzene rings is 1. The van der Waals surface area contributed by atoms with Crippen molar-refractivity contribution in [2.45, 2.75) is 38.1 Å². The monoisotopic (exact) mass is 453 g/mol. The number of nitrogens with zero attached hydrogens (tertiary/aromatic N) is 4. The van der Waals surface area contributed by atoms with Crippen molar-refractivity contribution in [1.82, 2.24) is 15.2 Å². The number of anilines is 2. The maximum Gasteiger partial charge on any atom is 0.174 e. The summed E-state index contributed by atoms with van der Waals surface area (Å²) < 4.78 is 5.55. The van der Waals surface area contributed by atoms with Gasteiger partial charge in [0.25, 0.3) is 0 Å². The summed E-state index contributed by atoms with van der Waals surface area (Å²) in [7, 11) is 1.74. The van der Waals surface area contributed by atoms with E-state index in [-0.39, 0.29) is 0 Å². The number of hydrogen-bond acceptors (Lipinski definition) is 5. The molecule has 2 heterocycles. The lowest BCUT2D eigenvalue weighted by atomic mass is 9.96. The Balaban J connectivity index is 1.33. The second kappa shape index (κ2) is 11.5. The largest absolute Gasteiger partial charge is 0.495 e. The summed E-state index contributed by atoms with van der Waals surface area (Å²) in [6.07, 6.45) is 8.19. The molecule has 1 saturated heterocycles. The Labute approximate surface area is 197 Å². The number of nitrogens with one attached hydrogen (secondary N) is 1. The van der Waals surface area contributed by atoms with Crippen LogP contribution in [0, 0.1) is 0 Å². The zero-order valence-electron chi connectivity index (χ0n) is 19.1. The van der Waals surface area contributed by atoms with E-state index in [9.17, 15) is 0 Å². The second-order valence-electron chi connectivity index (χ2n) is 8.62. The van der Waals surface area contributed by atoms with Crippen molar-refractivity contribution in [3.05, 3.63) is 48.7 Å². The minimum atomic E-state index is 0.492. The van der Waals surface area contributed by atoms with E-state index in [0.717, 1.165) is 55.9 Å². The maximum absolute atomic E-state index is 5.85. The molecule has 0 bridgehead atoms. The normalized spacial score (nSPS) is 17.7. The lowest BCUT2D eigenvalue weighted by molar-refractivity contribution is 0.264. The van der Waals surface area contributed by atoms with Gasteiger partial charge in [0.05, 0.1) is 12.8 Å². The summed E-state index contributed by atoms with van der Waals surface area (Å²) in [5.41, 5.74) is 1.18. The van der Waals surface area contributed by atoms with Crippen LogP contribution in [0.2, 0.25) is 0 Å². The fraction of sp³-hybridized carbons (Fsp3) is 0.520. The molecule has 1 aliphatic heterocycles. The molecule has 4 rings (SSSR count). The summed E-state index contributed by atoms with van der Waals surface area (Å²) in [4.78, 5) is 11.7. The molecule has 2 aromatic rings. The number of piperazine rings is 1. The predicted octanol–water partition coefficient (Wildman–Crippen LogP) is 3.93. The zero-order valence-corrected chi connectivity index (χ0v) is 19.9. The molecule has 6 nitrogen and oxygen atoms in total. The molecule has 1 aromatic heterocycles. The van der Waals surface area contributed by atoms with Gasteiger partial charge in [-0.3, -0.25) is 4.90 Å². The van der Waals surface area contributed by atoms with E-state index in [0.29, 0.717) is 6.04 Å². The first-order chi connectivity index (χ1) is 15.7. The molecule has 1 aliphatic carbocycles. The predicted molar refractivity (Wildman–Crippen MR) is 136 cm³/mol. The van der Waals surface area contributed by atoms with Crippen LogP contribution in [-0.2, 0) is 0 Å². The van der Waals surface area contributed by atoms with Gasteiger partial charge in [-0.1, -0.05) is 37.5 Å². The first kappa shape index (κ1) is 22.8. The van der Waals surface area contributed by atoms with E-state index in [1.54, 1.807) is 7.11 Å². The highest BCUT2D eigenvalue weighted by molar-refractivity contribution is 7.80. The second-order valence-corrected chi connectivity index (χ2v) is 9.01. The van der Waals surface area contributed by atoms with Crippen molar-refractivity contribution in [2.24, 2.45) is 0 Å². The van der Waals surface area contributed by atoms with Crippen LogP contribution in [0.1, 0.15) is 32.1 Å². The van der Waals surface area contributed by atoms with E-state index in [2.05, 4.69) is 43.2 Å². The van der Waals surface area contributed by atoms with Gasteiger partial charge in [0.1, 0.15) is 11.6 Å². The lowest BCUT2D eigenvalue weighted by Crippen LogP contribution is -2.51. The number of rotatable bonds is 7. The number of thiocarbonyl (C=S) groups is 1. The molecule has 2 aliphatic rings. The van der Waals surface area contributed by atoms with Gasteiger partial charge in [-0.25, -0.2) is 4.98 Å². The molecule has 172 valence electrons. The van der Waals surface area contributed by atoms with Gasteiger partial charge in [0.2, 0.25) is 0 Å². The van der Waals surface area contributed by atoms with Gasteiger partial charge in [-0.15, -0.1) is 0 Å². The zero-order chi connectivity index (χ0) is 22.2. The smallest absolute Gasteiger partial charge is 0.174 e. The van der Waals surface area contributed by atoms with E-state index in [4.69, 9.17) is 17.0 Å². The molecule has 0 atom stereocenters. The average Bonchev–Trinajstić information content (AvgIpc) is 2.86. The van der Waals surface area contributed by atoms with Crippen LogP contribution in [0.25, 0.3) is 0 Å². The summed E-state index contributed by atoms with van der Waals surface area (Å²) in [5.74, 6) is 1.87. The van der Waals surface area contributed by atoms with Gasteiger partial charge < -0.3 is 19.9 Å². The van der Waals surface area contributed by atoms with E-state index < -0.39 is 0 Å². The van der Waals surface area contributed by atoms with Crippen molar-refractivity contribution in [2.75, 3.05) is 56.2 Å². The Morgan fingerprint density at radius 1 is 1.06 bits per heavy atom. The molecule has 0 spiro atoms. The molecule has 0 unspecified atom stereocenters. The van der Waals surface area contributed by atoms with Gasteiger partial charge in [0, 0.05) is 51.5 Å². The fourth-order valence-electron chi connectivity index (χ4n) is 4.68. The quantitative estimate of drug-likeness (QED) is 0.637. The highest BCUT2D eigenvalue weighted by atomic mass is 32.1. The minimum Gasteiger partial charge on any atom is -0.495 e. The number of pyridine rings is 1. The fourth-order valence-corrected chi connectivity index (χ4v) is 5.03. The molecule has 0 amide bonds. The number of aromatic nitrogens is 1. The molecule has 1 N–H and O–H groups in total. The van der Waals surface area contributed by atoms with Gasteiger partial charge in [-0.2, -0.15) is 0 Å². The minimum absolute atomic E-state index is 0.492. The van der Waals surface area contributed by atoms with Crippen molar-refractivity contribution in [1.29, 1.82) is 0 Å². The Kier molecular flexibility index (Phi) is 8.18. The highest BCUT2D eigenvalue weighted by Crippen LogP contribution is 2.28. The summed E-state index contributed by atoms with van der Waals surface area (Å²) >= 11 is 5.85. The van der Waals surface area contributed by atoms with Crippen molar-refractivity contribution in [3.63, 3.8) is 0 Å². The molecule has 32 heavy (non-hydrogen) atoms. The Bertz CT molecular complexity index is 850. The average molecular weight is 454 g/mol. The number of para-hydroxylation sites is 2. The van der Waals surface area contributed by atoms with Gasteiger partial charge in [0.15, 0.2) is 5.11 Å². The van der Waals surface area contributed by atoms with Crippen LogP contribution in [0.3, 0.4) is 0 Å². The van der Waals surface area contributed by atoms with Crippen molar-refractivity contribution < 1.29 is 4.74 Å². The SMILES string of the molecule is COc1ccccc1N1CCN(CCN(C(=S)NC2CCCCC2)c2ccccn2)CC1. The number of hydrogen-bond donors (Lipinski definition) is 1. The van der Waals surface area contributed by atoms with E-state index in [1.807, 2.05) is 30.5 Å². The number of methoxy groups -OCH3 is 1. The van der Waals surface area contributed by atoms with Crippen LogP contribution >= 0.6 is 12.2 Å². The summed E-state index contributed by atoms with van der Waals surface area (Å²) in [6, 6.07) is 14.8. The van der Waals surface area contributed by atoms with Crippen LogP contribution in [0.4, 0.5) is 11.5 Å². The third-order valence-corrected chi connectivity index (χ3v) is 6.88. The molecule has 1 saturated carbocycles. The molecular weight excluding hydrogens is 418 g/mol. The molecule has 7 heteroatoms. The van der Waals surface area contributed by atoms with Crippen molar-refractivity contribution in [3.8, 4) is 5.75 Å². The molecular formula is C25H35N5OS. The molecule has 0 radical (unpaired) electrons. The Morgan fingerprint density at radius 2 is 1.81 bits per heavy atom. The molecule has 2 fully saturated rings. The third-order valence-electron chi connectivity index (χ3n) is 6.54. The first-order valence-corrected chi connectivity index (χ1v) is 12.2. The van der Waals surface area contributed by atoms with Crippen LogP contribution in [0.5, 0.6) is 5.75 Å². The Morgan fingerprint density at radius 3 is 2.53 bits per heavy atom. The van der Waals surface area contributed by atoms with E-state index >= 15 is 0 Å². The third kappa shape index (κ3) is 5.90. The molecule has 1 aromatic carbocycles. The highest BCUT2D eigenvalue weighted by Gasteiger charge is 2.22. The van der Waals surface area contributed by atoms with Crippen LogP contribution < -0.4 is 19.9 Å². The first-order valence-electron chi connectivity index (χ1n) is 11.8. The number of ether oxygens (including phenoxy) is 1. The summed E-state index contributed by atoms with van der Waals surface area (Å²) in [5, 5.41) is 4.43. The van der Waals surface area contributed by atoms with Crippen LogP contribution in [-0.4, -0.2) is 67.4 Å². The summed E-state index contributed by atoms with van der Waals surface area (Å²) in [6.45, 7) is 5.84. The van der Waals surface area contributed by atoms with E-state index in [1.165, 1.54) is 37.8 Å². The van der Waals surface area contributed by atoms with Gasteiger partial charge in [-0.05, 0) is 49.3 Å². The maximum atomic E-state index is 5.85. The van der Waals surface area contributed by atoms with Crippen LogP contribution in [0.15, 0.2) is 48.7 Å². The standard InChI is InChI=1S/C25H35N5OS/c1-31-23-12-6-5-11-22(23)29-18-15-28(16-19-29)17-20-30(24-13-7-8-14-26-24)25(32)27-21-9-3-2-4-10-21/h5-8,11-14,21H,2-4,9-10,15-20H2,1H3,(H,27,32). The lowest BCUT2D eigenvalue weighted by Gasteiger charge is -2.38. The Hall–Kier alpha value is -2.38. The van der Waals surface area contributed by atoms with Gasteiger partial charge >= 0.3 is 0 Å². The topological polar surface area (TPSA) is 43.9 Å². The van der Waals surface area contributed by atoms with Crippen molar-refractivity contribution >= 4 is 28.8 Å².